The van der Waals surface area contributed by atoms with Crippen molar-refractivity contribution in [2.45, 2.75) is 44.8 Å². The summed E-state index contributed by atoms with van der Waals surface area (Å²) in [7, 11) is 0. The number of hydrogen-bond acceptors (Lipinski definition) is 5. The summed E-state index contributed by atoms with van der Waals surface area (Å²) in [5, 5.41) is 20.2. The number of carboxylic acids is 1. The zero-order chi connectivity index (χ0) is 24.3. The highest BCUT2D eigenvalue weighted by Crippen LogP contribution is 2.39. The zero-order valence-corrected chi connectivity index (χ0v) is 20.8. The van der Waals surface area contributed by atoms with E-state index in [1.54, 1.807) is 18.2 Å². The predicted molar refractivity (Wildman–Crippen MR) is 133 cm³/mol. The fourth-order valence-electron chi connectivity index (χ4n) is 4.44. The maximum absolute atomic E-state index is 11.0. The smallest absolute Gasteiger partial charge is 0.345 e. The number of aromatic carboxylic acids is 1. The highest BCUT2D eigenvalue weighted by Gasteiger charge is 2.36. The fourth-order valence-corrected chi connectivity index (χ4v) is 5.63. The standard InChI is InChI=1S/C27H29ClO5S/c1-27(2,17-6-4-3-5-7-17)18-12-19(33-14-18)8-10-21-22(24(29)13-23(21)28)16-32-15-20-9-11-25(34-20)26(30)31/h3-7,9,11-14,21-22,24,29H,8,10,15-16H2,1-2H3,(H,30,31)/t21-,22-,24?/m1/s1. The maximum Gasteiger partial charge on any atom is 0.345 e. The number of carbonyl (C=O) groups is 1. The van der Waals surface area contributed by atoms with Gasteiger partial charge in [0.2, 0.25) is 0 Å². The molecule has 0 saturated heterocycles. The summed E-state index contributed by atoms with van der Waals surface area (Å²) in [4.78, 5) is 12.2. The molecule has 0 amide bonds. The largest absolute Gasteiger partial charge is 0.477 e. The van der Waals surface area contributed by atoms with Crippen molar-refractivity contribution in [3.05, 3.63) is 92.5 Å². The molecule has 0 saturated carbocycles. The summed E-state index contributed by atoms with van der Waals surface area (Å²) in [6, 6.07) is 15.8. The molecule has 3 atom stereocenters. The molecule has 1 unspecified atom stereocenters. The lowest BCUT2D eigenvalue weighted by Gasteiger charge is -2.24. The quantitative estimate of drug-likeness (QED) is 0.344. The molecule has 1 aliphatic carbocycles. The number of halogens is 1. The summed E-state index contributed by atoms with van der Waals surface area (Å²) in [5.41, 5.74) is 2.19. The molecule has 180 valence electrons. The number of benzene rings is 1. The SMILES string of the molecule is CC(C)(c1ccccc1)c1coc(CC[C@H]2C(Cl)=CC(O)[C@@H]2COCc2ccc(C(=O)O)s2)c1. The molecular weight excluding hydrogens is 472 g/mol. The summed E-state index contributed by atoms with van der Waals surface area (Å²) >= 11 is 7.67. The van der Waals surface area contributed by atoms with Crippen molar-refractivity contribution in [1.82, 2.24) is 0 Å². The van der Waals surface area contributed by atoms with E-state index in [0.717, 1.165) is 22.6 Å². The molecule has 34 heavy (non-hydrogen) atoms. The van der Waals surface area contributed by atoms with Crippen molar-refractivity contribution in [3.8, 4) is 0 Å². The molecule has 0 bridgehead atoms. The van der Waals surface area contributed by atoms with Crippen molar-refractivity contribution in [2.75, 3.05) is 6.61 Å². The monoisotopic (exact) mass is 500 g/mol. The summed E-state index contributed by atoms with van der Waals surface area (Å²) in [6.45, 7) is 5.01. The van der Waals surface area contributed by atoms with E-state index in [2.05, 4.69) is 32.0 Å². The molecule has 0 aliphatic heterocycles. The first-order chi connectivity index (χ1) is 16.3. The van der Waals surface area contributed by atoms with Gasteiger partial charge in [0.15, 0.2) is 0 Å². The number of thiophene rings is 1. The molecule has 2 N–H and O–H groups in total. The van der Waals surface area contributed by atoms with Gasteiger partial charge in [-0.1, -0.05) is 55.8 Å². The Balaban J connectivity index is 1.35. The Hall–Kier alpha value is -2.38. The molecule has 0 radical (unpaired) electrons. The molecule has 0 spiro atoms. The lowest BCUT2D eigenvalue weighted by Crippen LogP contribution is -2.26. The molecule has 4 rings (SSSR count). The minimum Gasteiger partial charge on any atom is -0.477 e. The minimum absolute atomic E-state index is 0.0229. The third kappa shape index (κ3) is 5.47. The second kappa shape index (κ2) is 10.5. The Morgan fingerprint density at radius 2 is 1.94 bits per heavy atom. The third-order valence-corrected chi connectivity index (χ3v) is 8.09. The number of rotatable bonds is 10. The van der Waals surface area contributed by atoms with Crippen LogP contribution in [0.5, 0.6) is 0 Å². The van der Waals surface area contributed by atoms with Crippen molar-refractivity contribution in [3.63, 3.8) is 0 Å². The van der Waals surface area contributed by atoms with Gasteiger partial charge in [-0.2, -0.15) is 0 Å². The molecule has 1 aromatic carbocycles. The number of allylic oxidation sites excluding steroid dienone is 1. The van der Waals surface area contributed by atoms with Crippen molar-refractivity contribution in [1.29, 1.82) is 0 Å². The van der Waals surface area contributed by atoms with E-state index < -0.39 is 12.1 Å². The van der Waals surface area contributed by atoms with Gasteiger partial charge in [-0.15, -0.1) is 11.3 Å². The Kier molecular flexibility index (Phi) is 7.63. The Bertz CT molecular complexity index is 1150. The predicted octanol–water partition coefficient (Wildman–Crippen LogP) is 6.24. The number of furan rings is 1. The van der Waals surface area contributed by atoms with E-state index in [1.807, 2.05) is 24.5 Å². The lowest BCUT2D eigenvalue weighted by atomic mass is 9.79. The highest BCUT2D eigenvalue weighted by atomic mass is 35.5. The third-order valence-electron chi connectivity index (χ3n) is 6.64. The van der Waals surface area contributed by atoms with Gasteiger partial charge in [-0.3, -0.25) is 0 Å². The summed E-state index contributed by atoms with van der Waals surface area (Å²) in [5.74, 6) is -0.220. The van der Waals surface area contributed by atoms with Gasteiger partial charge in [0, 0.05) is 39.1 Å². The van der Waals surface area contributed by atoms with E-state index in [-0.39, 0.29) is 22.1 Å². The van der Waals surface area contributed by atoms with Crippen LogP contribution in [0.3, 0.4) is 0 Å². The van der Waals surface area contributed by atoms with Crippen molar-refractivity contribution >= 4 is 28.9 Å². The molecular formula is C27H29ClO5S. The van der Waals surface area contributed by atoms with Gasteiger partial charge < -0.3 is 19.4 Å². The van der Waals surface area contributed by atoms with Crippen molar-refractivity contribution in [2.24, 2.45) is 11.8 Å². The zero-order valence-electron chi connectivity index (χ0n) is 19.2. The van der Waals surface area contributed by atoms with E-state index >= 15 is 0 Å². The van der Waals surface area contributed by atoms with Crippen LogP contribution in [-0.4, -0.2) is 28.9 Å². The fraction of sp³-hybridized carbons (Fsp3) is 0.370. The Morgan fingerprint density at radius 3 is 2.65 bits per heavy atom. The van der Waals surface area contributed by atoms with Crippen LogP contribution in [0, 0.1) is 11.8 Å². The second-order valence-electron chi connectivity index (χ2n) is 9.23. The number of aliphatic hydroxyl groups is 1. The first-order valence-corrected chi connectivity index (χ1v) is 12.5. The second-order valence-corrected chi connectivity index (χ2v) is 10.8. The van der Waals surface area contributed by atoms with Gasteiger partial charge in [-0.25, -0.2) is 4.79 Å². The summed E-state index contributed by atoms with van der Waals surface area (Å²) < 4.78 is 11.7. The number of aryl methyl sites for hydroxylation is 1. The van der Waals surface area contributed by atoms with E-state index in [0.29, 0.717) is 24.7 Å². The average Bonchev–Trinajstić information content (AvgIpc) is 3.53. The van der Waals surface area contributed by atoms with E-state index in [1.165, 1.54) is 16.9 Å². The normalized spacial score (nSPS) is 20.5. The van der Waals surface area contributed by atoms with Crippen LogP contribution in [-0.2, 0) is 23.2 Å². The Labute approximate surface area is 208 Å². The maximum atomic E-state index is 11.0. The van der Waals surface area contributed by atoms with Gasteiger partial charge in [-0.05, 0) is 36.3 Å². The van der Waals surface area contributed by atoms with Gasteiger partial charge in [0.1, 0.15) is 10.6 Å². The topological polar surface area (TPSA) is 79.9 Å². The molecule has 2 aromatic heterocycles. The first kappa shape index (κ1) is 24.7. The first-order valence-electron chi connectivity index (χ1n) is 11.3. The Morgan fingerprint density at radius 1 is 1.18 bits per heavy atom. The van der Waals surface area contributed by atoms with E-state index in [4.69, 9.17) is 25.9 Å². The van der Waals surface area contributed by atoms with Crippen LogP contribution in [0.25, 0.3) is 0 Å². The van der Waals surface area contributed by atoms with Crippen LogP contribution in [0.15, 0.2) is 70.3 Å². The molecule has 3 aromatic rings. The van der Waals surface area contributed by atoms with Crippen molar-refractivity contribution < 1.29 is 24.2 Å². The van der Waals surface area contributed by atoms with E-state index in [9.17, 15) is 9.90 Å². The van der Waals surface area contributed by atoms with Gasteiger partial charge >= 0.3 is 5.97 Å². The highest BCUT2D eigenvalue weighted by molar-refractivity contribution is 7.13. The summed E-state index contributed by atoms with van der Waals surface area (Å²) in [6.07, 6.45) is 4.30. The van der Waals surface area contributed by atoms with Crippen LogP contribution in [0.4, 0.5) is 0 Å². The molecule has 2 heterocycles. The molecule has 7 heteroatoms. The molecule has 1 aliphatic rings. The number of carboxylic acid groups (broad SMARTS) is 1. The number of aliphatic hydroxyl groups excluding tert-OH is 1. The van der Waals surface area contributed by atoms with Crippen LogP contribution in [0.1, 0.15) is 51.7 Å². The molecule has 0 fully saturated rings. The minimum atomic E-state index is -0.938. The lowest BCUT2D eigenvalue weighted by molar-refractivity contribution is 0.0290. The average molecular weight is 501 g/mol. The molecule has 5 nitrogen and oxygen atoms in total. The van der Waals surface area contributed by atoms with Crippen LogP contribution in [0.2, 0.25) is 0 Å². The van der Waals surface area contributed by atoms with Crippen LogP contribution < -0.4 is 0 Å². The number of ether oxygens (including phenoxy) is 1. The van der Waals surface area contributed by atoms with Crippen LogP contribution >= 0.6 is 22.9 Å². The van der Waals surface area contributed by atoms with Gasteiger partial charge in [0.05, 0.1) is 25.6 Å². The van der Waals surface area contributed by atoms with Gasteiger partial charge in [0.25, 0.3) is 0 Å². The number of hydrogen-bond donors (Lipinski definition) is 2.